The van der Waals surface area contributed by atoms with Gasteiger partial charge in [-0.25, -0.2) is 13.8 Å². The summed E-state index contributed by atoms with van der Waals surface area (Å²) in [6.45, 7) is -0.168. The number of hydrogen-bond acceptors (Lipinski definition) is 5. The van der Waals surface area contributed by atoms with Crippen molar-refractivity contribution in [3.8, 4) is 0 Å². The molecule has 17 heavy (non-hydrogen) atoms. The zero-order chi connectivity index (χ0) is 13.0. The van der Waals surface area contributed by atoms with Crippen molar-refractivity contribution in [2.45, 2.75) is 19.4 Å². The van der Waals surface area contributed by atoms with Crippen LogP contribution >= 0.6 is 0 Å². The zero-order valence-corrected chi connectivity index (χ0v) is 9.24. The van der Waals surface area contributed by atoms with Crippen LogP contribution in [0.1, 0.15) is 23.2 Å². The molecule has 0 unspecified atom stereocenters. The lowest BCUT2D eigenvalue weighted by atomic mass is 10.0. The maximum absolute atomic E-state index is 12.9. The van der Waals surface area contributed by atoms with Gasteiger partial charge in [0, 0.05) is 12.1 Å². The number of pyridine rings is 1. The Morgan fingerprint density at radius 3 is 2.71 bits per heavy atom. The molecule has 0 bridgehead atoms. The minimum Gasteiger partial charge on any atom is -0.469 e. The molecule has 0 aliphatic rings. The quantitative estimate of drug-likeness (QED) is 0.765. The third-order valence-electron chi connectivity index (χ3n) is 2.22. The van der Waals surface area contributed by atoms with Crippen LogP contribution in [-0.2, 0) is 22.5 Å². The van der Waals surface area contributed by atoms with Crippen LogP contribution in [0.3, 0.4) is 0 Å². The number of esters is 1. The van der Waals surface area contributed by atoms with Gasteiger partial charge < -0.3 is 16.2 Å². The van der Waals surface area contributed by atoms with E-state index in [1.807, 2.05) is 0 Å². The maximum Gasteiger partial charge on any atom is 0.309 e. The normalized spacial score (nSPS) is 10.6. The third kappa shape index (κ3) is 3.10. The molecule has 1 rings (SSSR count). The second-order valence-corrected chi connectivity index (χ2v) is 3.32. The van der Waals surface area contributed by atoms with Gasteiger partial charge in [-0.2, -0.15) is 0 Å². The van der Waals surface area contributed by atoms with Crippen LogP contribution in [0, 0.1) is 0 Å². The Labute approximate surface area is 96.8 Å². The van der Waals surface area contributed by atoms with Gasteiger partial charge in [0.25, 0.3) is 6.43 Å². The smallest absolute Gasteiger partial charge is 0.309 e. The largest absolute Gasteiger partial charge is 0.469 e. The van der Waals surface area contributed by atoms with Gasteiger partial charge in [0.15, 0.2) is 0 Å². The first-order chi connectivity index (χ1) is 7.99. The average molecular weight is 245 g/mol. The topological polar surface area (TPSA) is 91.2 Å². The fourth-order valence-corrected chi connectivity index (χ4v) is 1.49. The average Bonchev–Trinajstić information content (AvgIpc) is 2.27. The Morgan fingerprint density at radius 1 is 1.59 bits per heavy atom. The highest BCUT2D eigenvalue weighted by molar-refractivity contribution is 5.73. The van der Waals surface area contributed by atoms with Crippen molar-refractivity contribution in [1.82, 2.24) is 4.98 Å². The highest BCUT2D eigenvalue weighted by Gasteiger charge is 2.21. The Morgan fingerprint density at radius 2 is 2.24 bits per heavy atom. The van der Waals surface area contributed by atoms with Crippen LogP contribution in [-0.4, -0.2) is 18.1 Å². The number of carbonyl (C=O) groups is 1. The predicted octanol–water partition coefficient (Wildman–Crippen LogP) is 0.776. The summed E-state index contributed by atoms with van der Waals surface area (Å²) in [6, 6.07) is 1.23. The van der Waals surface area contributed by atoms with E-state index in [-0.39, 0.29) is 35.6 Å². The van der Waals surface area contributed by atoms with Gasteiger partial charge in [-0.15, -0.1) is 0 Å². The molecule has 1 aromatic rings. The van der Waals surface area contributed by atoms with Crippen molar-refractivity contribution in [3.05, 3.63) is 22.9 Å². The van der Waals surface area contributed by atoms with Gasteiger partial charge in [-0.3, -0.25) is 4.79 Å². The number of nitrogens with zero attached hydrogens (tertiary/aromatic N) is 1. The van der Waals surface area contributed by atoms with Crippen LogP contribution < -0.4 is 11.5 Å². The first kappa shape index (κ1) is 13.3. The van der Waals surface area contributed by atoms with Crippen LogP contribution in [0.5, 0.6) is 0 Å². The SMILES string of the molecule is COC(=O)Cc1cc(N)nc(CN)c1C(F)F. The molecule has 7 heteroatoms. The van der Waals surface area contributed by atoms with Gasteiger partial charge in [0.1, 0.15) is 5.82 Å². The molecule has 94 valence electrons. The van der Waals surface area contributed by atoms with Crippen LogP contribution in [0.4, 0.5) is 14.6 Å². The van der Waals surface area contributed by atoms with E-state index in [9.17, 15) is 13.6 Å². The first-order valence-corrected chi connectivity index (χ1v) is 4.82. The Hall–Kier alpha value is -1.76. The lowest BCUT2D eigenvalue weighted by molar-refractivity contribution is -0.139. The van der Waals surface area contributed by atoms with E-state index in [4.69, 9.17) is 11.5 Å². The second-order valence-electron chi connectivity index (χ2n) is 3.32. The van der Waals surface area contributed by atoms with Crippen molar-refractivity contribution in [1.29, 1.82) is 0 Å². The summed E-state index contributed by atoms with van der Waals surface area (Å²) < 4.78 is 30.2. The van der Waals surface area contributed by atoms with Gasteiger partial charge in [-0.05, 0) is 11.6 Å². The molecule has 0 radical (unpaired) electrons. The molecule has 5 nitrogen and oxygen atoms in total. The predicted molar refractivity (Wildman–Crippen MR) is 57.2 cm³/mol. The number of carbonyl (C=O) groups excluding carboxylic acids is 1. The number of aromatic nitrogens is 1. The second kappa shape index (κ2) is 5.53. The summed E-state index contributed by atoms with van der Waals surface area (Å²) in [5.41, 5.74) is 10.5. The summed E-state index contributed by atoms with van der Waals surface area (Å²) in [5, 5.41) is 0. The monoisotopic (exact) mass is 245 g/mol. The van der Waals surface area contributed by atoms with E-state index in [0.717, 1.165) is 0 Å². The molecule has 4 N–H and O–H groups in total. The van der Waals surface area contributed by atoms with Crippen molar-refractivity contribution in [2.75, 3.05) is 12.8 Å². The summed E-state index contributed by atoms with van der Waals surface area (Å²) in [4.78, 5) is 14.8. The molecular formula is C10H13F2N3O2. The number of anilines is 1. The maximum atomic E-state index is 12.9. The number of rotatable bonds is 4. The Balaban J connectivity index is 3.25. The van der Waals surface area contributed by atoms with Crippen molar-refractivity contribution >= 4 is 11.8 Å². The van der Waals surface area contributed by atoms with E-state index in [2.05, 4.69) is 9.72 Å². The Kier molecular flexibility index (Phi) is 4.33. The summed E-state index contributed by atoms with van der Waals surface area (Å²) in [5.74, 6) is -0.575. The van der Waals surface area contributed by atoms with E-state index in [0.29, 0.717) is 0 Å². The van der Waals surface area contributed by atoms with Crippen molar-refractivity contribution < 1.29 is 18.3 Å². The van der Waals surface area contributed by atoms with Crippen LogP contribution in [0.25, 0.3) is 0 Å². The van der Waals surface area contributed by atoms with E-state index < -0.39 is 12.4 Å². The molecular weight excluding hydrogens is 232 g/mol. The lowest BCUT2D eigenvalue weighted by Crippen LogP contribution is -2.14. The number of alkyl halides is 2. The summed E-state index contributed by atoms with van der Waals surface area (Å²) >= 11 is 0. The molecule has 0 aromatic carbocycles. The summed E-state index contributed by atoms with van der Waals surface area (Å²) in [6.07, 6.45) is -3.04. The fraction of sp³-hybridized carbons (Fsp3) is 0.400. The third-order valence-corrected chi connectivity index (χ3v) is 2.22. The Bertz CT molecular complexity index is 424. The van der Waals surface area contributed by atoms with Crippen LogP contribution in [0.15, 0.2) is 6.07 Å². The number of ether oxygens (including phenoxy) is 1. The van der Waals surface area contributed by atoms with E-state index in [1.165, 1.54) is 13.2 Å². The molecule has 0 saturated carbocycles. The van der Waals surface area contributed by atoms with Gasteiger partial charge in [-0.1, -0.05) is 0 Å². The molecule has 0 amide bonds. The minimum atomic E-state index is -2.76. The number of halogens is 2. The van der Waals surface area contributed by atoms with Crippen LogP contribution in [0.2, 0.25) is 0 Å². The lowest BCUT2D eigenvalue weighted by Gasteiger charge is -2.12. The molecule has 1 aromatic heterocycles. The number of nitrogen functional groups attached to an aromatic ring is 1. The highest BCUT2D eigenvalue weighted by atomic mass is 19.3. The standard InChI is InChI=1S/C10H13F2N3O2/c1-17-8(16)3-5-2-7(14)15-6(4-13)9(5)10(11)12/h2,10H,3-4,13H2,1H3,(H2,14,15). The van der Waals surface area contributed by atoms with Crippen molar-refractivity contribution in [3.63, 3.8) is 0 Å². The molecule has 0 aliphatic carbocycles. The molecule has 0 fully saturated rings. The van der Waals surface area contributed by atoms with Gasteiger partial charge in [0.05, 0.1) is 19.2 Å². The van der Waals surface area contributed by atoms with Crippen molar-refractivity contribution in [2.24, 2.45) is 5.73 Å². The number of methoxy groups -OCH3 is 1. The molecule has 0 saturated heterocycles. The van der Waals surface area contributed by atoms with Gasteiger partial charge in [0.2, 0.25) is 0 Å². The molecule has 0 aliphatic heterocycles. The molecule has 0 atom stereocenters. The number of nitrogens with two attached hydrogens (primary N) is 2. The van der Waals surface area contributed by atoms with E-state index in [1.54, 1.807) is 0 Å². The fourth-order valence-electron chi connectivity index (χ4n) is 1.49. The van der Waals surface area contributed by atoms with Gasteiger partial charge >= 0.3 is 5.97 Å². The molecule has 1 heterocycles. The zero-order valence-electron chi connectivity index (χ0n) is 9.24. The minimum absolute atomic E-state index is 0.00102. The number of hydrogen-bond donors (Lipinski definition) is 2. The van der Waals surface area contributed by atoms with E-state index >= 15 is 0 Å². The summed E-state index contributed by atoms with van der Waals surface area (Å²) in [7, 11) is 1.18. The molecule has 0 spiro atoms. The first-order valence-electron chi connectivity index (χ1n) is 4.82. The highest BCUT2D eigenvalue weighted by Crippen LogP contribution is 2.27.